The van der Waals surface area contributed by atoms with Gasteiger partial charge in [-0.25, -0.2) is 12.8 Å². The molecule has 24 heavy (non-hydrogen) atoms. The van der Waals surface area contributed by atoms with Gasteiger partial charge in [0.15, 0.2) is 9.84 Å². The largest absolute Gasteiger partial charge is 0.354 e. The number of hydrogen-bond donors (Lipinski definition) is 1. The Balaban J connectivity index is 2.38. The lowest BCUT2D eigenvalue weighted by atomic mass is 10.2. The number of amides is 1. The number of carbonyl (C=O) groups is 1. The topological polar surface area (TPSA) is 63.2 Å². The van der Waals surface area contributed by atoms with Crippen molar-refractivity contribution in [1.29, 1.82) is 0 Å². The molecule has 0 unspecified atom stereocenters. The van der Waals surface area contributed by atoms with E-state index >= 15 is 0 Å². The maximum Gasteiger partial charge on any atom is 0.222 e. The Morgan fingerprint density at radius 2 is 2.00 bits per heavy atom. The van der Waals surface area contributed by atoms with Crippen LogP contribution in [-0.2, 0) is 14.6 Å². The zero-order chi connectivity index (χ0) is 17.9. The first kappa shape index (κ1) is 18.6. The van der Waals surface area contributed by atoms with Crippen LogP contribution in [0.2, 0.25) is 0 Å². The first-order chi connectivity index (χ1) is 11.2. The highest BCUT2D eigenvalue weighted by Crippen LogP contribution is 2.32. The number of hydrogen-bond acceptors (Lipinski definition) is 4. The Labute approximate surface area is 145 Å². The van der Waals surface area contributed by atoms with Crippen LogP contribution >= 0.6 is 11.3 Å². The van der Waals surface area contributed by atoms with Crippen LogP contribution in [0.1, 0.15) is 29.5 Å². The van der Waals surface area contributed by atoms with Crippen molar-refractivity contribution in [3.8, 4) is 0 Å². The Bertz CT molecular complexity index is 814. The van der Waals surface area contributed by atoms with Crippen LogP contribution in [0.3, 0.4) is 0 Å². The predicted molar refractivity (Wildman–Crippen MR) is 93.2 cm³/mol. The third kappa shape index (κ3) is 4.02. The van der Waals surface area contributed by atoms with E-state index in [0.29, 0.717) is 4.88 Å². The molecule has 0 spiro atoms. The van der Waals surface area contributed by atoms with Gasteiger partial charge in [0, 0.05) is 17.3 Å². The summed E-state index contributed by atoms with van der Waals surface area (Å²) in [6, 6.07) is 7.24. The van der Waals surface area contributed by atoms with Crippen LogP contribution in [0.5, 0.6) is 0 Å². The molecule has 0 fully saturated rings. The smallest absolute Gasteiger partial charge is 0.222 e. The fourth-order valence-corrected chi connectivity index (χ4v) is 5.06. The summed E-state index contributed by atoms with van der Waals surface area (Å²) in [6.45, 7) is 4.99. The molecule has 0 aliphatic rings. The summed E-state index contributed by atoms with van der Waals surface area (Å²) in [5.74, 6) is -0.887. The molecule has 0 saturated carbocycles. The van der Waals surface area contributed by atoms with Crippen molar-refractivity contribution in [2.24, 2.45) is 5.92 Å². The molecule has 0 radical (unpaired) electrons. The van der Waals surface area contributed by atoms with Crippen molar-refractivity contribution in [1.82, 2.24) is 5.32 Å². The minimum Gasteiger partial charge on any atom is -0.354 e. The average Bonchev–Trinajstić information content (AvgIpc) is 3.03. The molecule has 1 N–H and O–H groups in total. The maximum atomic E-state index is 13.5. The number of nitrogens with one attached hydrogen (secondary N) is 1. The minimum absolute atomic E-state index is 0.0176. The first-order valence-electron chi connectivity index (χ1n) is 7.54. The van der Waals surface area contributed by atoms with E-state index in [1.165, 1.54) is 30.4 Å². The Hall–Kier alpha value is -1.73. The van der Waals surface area contributed by atoms with Crippen molar-refractivity contribution in [2.45, 2.75) is 30.9 Å². The number of sulfone groups is 1. The highest BCUT2D eigenvalue weighted by molar-refractivity contribution is 7.91. The highest BCUT2D eigenvalue weighted by atomic mass is 32.2. The fourth-order valence-electron chi connectivity index (χ4n) is 2.19. The molecule has 0 saturated heterocycles. The summed E-state index contributed by atoms with van der Waals surface area (Å²) < 4.78 is 39.5. The van der Waals surface area contributed by atoms with E-state index in [2.05, 4.69) is 5.32 Å². The van der Waals surface area contributed by atoms with Crippen molar-refractivity contribution >= 4 is 27.1 Å². The summed E-state index contributed by atoms with van der Waals surface area (Å²) in [5, 5.41) is 3.58. The average molecular weight is 369 g/mol. The normalized spacial score (nSPS) is 13.0. The number of aryl methyl sites for hydroxylation is 1. The van der Waals surface area contributed by atoms with Crippen molar-refractivity contribution in [3.05, 3.63) is 52.0 Å². The quantitative estimate of drug-likeness (QED) is 0.793. The molecule has 1 amide bonds. The third-order valence-electron chi connectivity index (χ3n) is 3.68. The summed E-state index contributed by atoms with van der Waals surface area (Å²) >= 11 is 1.32. The van der Waals surface area contributed by atoms with E-state index < -0.39 is 20.9 Å². The molecule has 1 atom stereocenters. The highest BCUT2D eigenvalue weighted by Gasteiger charge is 2.31. The Morgan fingerprint density at radius 1 is 1.29 bits per heavy atom. The minimum atomic E-state index is -3.76. The zero-order valence-electron chi connectivity index (χ0n) is 13.7. The fraction of sp³-hybridized carbons (Fsp3) is 0.353. The molecule has 2 aromatic rings. The lowest BCUT2D eigenvalue weighted by Crippen LogP contribution is -2.34. The van der Waals surface area contributed by atoms with Gasteiger partial charge < -0.3 is 5.32 Å². The Kier molecular flexibility index (Phi) is 5.77. The summed E-state index contributed by atoms with van der Waals surface area (Å²) in [7, 11) is -3.76. The molecule has 130 valence electrons. The van der Waals surface area contributed by atoms with Gasteiger partial charge in [-0.3, -0.25) is 4.79 Å². The monoisotopic (exact) mass is 369 g/mol. The molecule has 1 heterocycles. The van der Waals surface area contributed by atoms with E-state index in [1.54, 1.807) is 31.4 Å². The van der Waals surface area contributed by atoms with Crippen LogP contribution < -0.4 is 5.32 Å². The predicted octanol–water partition coefficient (Wildman–Crippen LogP) is 3.48. The summed E-state index contributed by atoms with van der Waals surface area (Å²) in [4.78, 5) is 12.5. The summed E-state index contributed by atoms with van der Waals surface area (Å²) in [6.07, 6.45) is 0. The van der Waals surface area contributed by atoms with E-state index in [9.17, 15) is 17.6 Å². The second-order valence-electron chi connectivity index (χ2n) is 5.86. The van der Waals surface area contributed by atoms with Crippen LogP contribution in [0.15, 0.2) is 40.6 Å². The molecule has 4 nitrogen and oxygen atoms in total. The van der Waals surface area contributed by atoms with Crippen LogP contribution in [0.25, 0.3) is 0 Å². The maximum absolute atomic E-state index is 13.5. The molecular formula is C17H20FNO3S2. The third-order valence-corrected chi connectivity index (χ3v) is 6.90. The molecule has 0 bridgehead atoms. The molecule has 0 aliphatic carbocycles. The lowest BCUT2D eigenvalue weighted by molar-refractivity contribution is -0.123. The van der Waals surface area contributed by atoms with Gasteiger partial charge in [0.05, 0.1) is 4.90 Å². The van der Waals surface area contributed by atoms with Crippen molar-refractivity contribution in [2.75, 3.05) is 6.54 Å². The van der Waals surface area contributed by atoms with Crippen molar-refractivity contribution < 1.29 is 17.6 Å². The van der Waals surface area contributed by atoms with Gasteiger partial charge in [-0.1, -0.05) is 19.9 Å². The summed E-state index contributed by atoms with van der Waals surface area (Å²) in [5.41, 5.74) is 0.271. The second kappa shape index (κ2) is 7.44. The SMILES string of the molecule is Cc1cc(S(=O)(=O)[C@@H](CNC(=O)C(C)C)c2cccs2)ccc1F. The van der Waals surface area contributed by atoms with E-state index in [1.807, 2.05) is 0 Å². The molecule has 2 rings (SSSR count). The van der Waals surface area contributed by atoms with Gasteiger partial charge >= 0.3 is 0 Å². The second-order valence-corrected chi connectivity index (χ2v) is 8.97. The number of carbonyl (C=O) groups excluding carboxylic acids is 1. The standard InChI is InChI=1S/C17H20FNO3S2/c1-11(2)17(20)19-10-16(15-5-4-8-23-15)24(21,22)13-6-7-14(18)12(3)9-13/h4-9,11,16H,10H2,1-3H3,(H,19,20)/t16-/m0/s1. The number of rotatable bonds is 6. The van der Waals surface area contributed by atoms with E-state index in [4.69, 9.17) is 0 Å². The molecule has 7 heteroatoms. The van der Waals surface area contributed by atoms with Crippen LogP contribution in [-0.4, -0.2) is 20.9 Å². The van der Waals surface area contributed by atoms with Gasteiger partial charge in [-0.15, -0.1) is 11.3 Å². The van der Waals surface area contributed by atoms with Crippen molar-refractivity contribution in [3.63, 3.8) is 0 Å². The first-order valence-corrected chi connectivity index (χ1v) is 9.97. The van der Waals surface area contributed by atoms with Crippen LogP contribution in [0, 0.1) is 18.7 Å². The zero-order valence-corrected chi connectivity index (χ0v) is 15.4. The van der Waals surface area contributed by atoms with Crippen LogP contribution in [0.4, 0.5) is 4.39 Å². The molecule has 1 aromatic heterocycles. The number of thiophene rings is 1. The molecular weight excluding hydrogens is 349 g/mol. The van der Waals surface area contributed by atoms with Gasteiger partial charge in [-0.2, -0.15) is 0 Å². The lowest BCUT2D eigenvalue weighted by Gasteiger charge is -2.18. The van der Waals surface area contributed by atoms with Gasteiger partial charge in [0.25, 0.3) is 0 Å². The molecule has 1 aromatic carbocycles. The molecule has 0 aliphatic heterocycles. The Morgan fingerprint density at radius 3 is 2.54 bits per heavy atom. The van der Waals surface area contributed by atoms with Gasteiger partial charge in [-0.05, 0) is 42.1 Å². The number of benzene rings is 1. The van der Waals surface area contributed by atoms with E-state index in [-0.39, 0.29) is 28.8 Å². The number of halogens is 1. The van der Waals surface area contributed by atoms with Gasteiger partial charge in [0.1, 0.15) is 11.1 Å². The van der Waals surface area contributed by atoms with Gasteiger partial charge in [0.2, 0.25) is 5.91 Å². The van der Waals surface area contributed by atoms with E-state index in [0.717, 1.165) is 6.07 Å².